The number of ether oxygens (including phenoxy) is 2. The summed E-state index contributed by atoms with van der Waals surface area (Å²) in [5.41, 5.74) is 2.66. The van der Waals surface area contributed by atoms with Crippen molar-refractivity contribution in [1.29, 1.82) is 5.26 Å². The second kappa shape index (κ2) is 10.9. The van der Waals surface area contributed by atoms with Crippen LogP contribution in [0.25, 0.3) is 6.08 Å². The van der Waals surface area contributed by atoms with Crippen LogP contribution >= 0.6 is 0 Å². The van der Waals surface area contributed by atoms with Crippen molar-refractivity contribution in [3.8, 4) is 6.07 Å². The number of halogens is 1. The minimum Gasteiger partial charge on any atom is -0.451 e. The number of hydrogen-bond donors (Lipinski definition) is 1. The van der Waals surface area contributed by atoms with Crippen molar-refractivity contribution in [3.05, 3.63) is 64.2 Å². The van der Waals surface area contributed by atoms with Crippen LogP contribution in [0.5, 0.6) is 0 Å². The Morgan fingerprint density at radius 1 is 1.30 bits per heavy atom. The van der Waals surface area contributed by atoms with Crippen LogP contribution in [0.3, 0.4) is 0 Å². The number of carbonyl (C=O) groups is 2. The van der Waals surface area contributed by atoms with Crippen LogP contribution in [0.15, 0.2) is 35.9 Å². The lowest BCUT2D eigenvalue weighted by molar-refractivity contribution is -0.144. The molecule has 0 atom stereocenters. The quantitative estimate of drug-likeness (QED) is 0.388. The fourth-order valence-electron chi connectivity index (χ4n) is 2.89. The van der Waals surface area contributed by atoms with Gasteiger partial charge >= 0.3 is 5.97 Å². The first-order valence-electron chi connectivity index (χ1n) is 9.32. The van der Waals surface area contributed by atoms with Crippen LogP contribution in [-0.2, 0) is 32.2 Å². The van der Waals surface area contributed by atoms with Gasteiger partial charge in [-0.2, -0.15) is 5.26 Å². The molecule has 2 aromatic rings. The maximum Gasteiger partial charge on any atom is 0.349 e. The summed E-state index contributed by atoms with van der Waals surface area (Å²) in [4.78, 5) is 24.1. The normalized spacial score (nSPS) is 11.1. The molecule has 1 heterocycles. The van der Waals surface area contributed by atoms with Crippen molar-refractivity contribution in [2.24, 2.45) is 0 Å². The number of nitrogens with zero attached hydrogens (tertiary/aromatic N) is 2. The topological polar surface area (TPSA) is 93.3 Å². The van der Waals surface area contributed by atoms with Crippen molar-refractivity contribution in [2.75, 3.05) is 20.3 Å². The van der Waals surface area contributed by atoms with Gasteiger partial charge in [0, 0.05) is 37.2 Å². The Kier molecular flexibility index (Phi) is 8.32. The fourth-order valence-corrected chi connectivity index (χ4v) is 2.89. The van der Waals surface area contributed by atoms with E-state index in [0.29, 0.717) is 24.3 Å². The van der Waals surface area contributed by atoms with Gasteiger partial charge in [0.2, 0.25) is 0 Å². The number of carbonyl (C=O) groups excluding carboxylic acids is 2. The summed E-state index contributed by atoms with van der Waals surface area (Å²) in [6.07, 6.45) is 1.44. The molecule has 1 amide bonds. The largest absolute Gasteiger partial charge is 0.451 e. The first kappa shape index (κ1) is 22.8. The zero-order valence-corrected chi connectivity index (χ0v) is 17.2. The minimum atomic E-state index is -0.903. The molecule has 0 unspecified atom stereocenters. The number of methoxy groups -OCH3 is 1. The van der Waals surface area contributed by atoms with Crippen LogP contribution in [-0.4, -0.2) is 36.8 Å². The highest BCUT2D eigenvalue weighted by molar-refractivity contribution is 5.99. The Morgan fingerprint density at radius 3 is 2.70 bits per heavy atom. The molecule has 0 saturated heterocycles. The third kappa shape index (κ3) is 6.03. The van der Waals surface area contributed by atoms with Crippen LogP contribution in [0, 0.1) is 31.0 Å². The molecule has 0 spiro atoms. The van der Waals surface area contributed by atoms with E-state index in [1.54, 1.807) is 25.3 Å². The predicted molar refractivity (Wildman–Crippen MR) is 109 cm³/mol. The Balaban J connectivity index is 1.97. The average molecular weight is 413 g/mol. The molecular formula is C22H24FN3O4. The lowest BCUT2D eigenvalue weighted by Crippen LogP contribution is -2.28. The fraction of sp³-hybridized carbons (Fsp3) is 0.318. The standard InChI is InChI=1S/C22H24FN3O4/c1-15-10-18(16(2)26(15)8-9-29-3)11-19(12-24)22(28)30-14-21(27)25-13-17-6-4-5-7-20(17)23/h4-7,10-11H,8-9,13-14H2,1-3H3,(H,25,27)/b19-11+. The van der Waals surface area contributed by atoms with Crippen molar-refractivity contribution < 1.29 is 23.5 Å². The molecule has 0 bridgehead atoms. The molecule has 2 rings (SSSR count). The molecule has 158 valence electrons. The third-order valence-corrected chi connectivity index (χ3v) is 4.54. The van der Waals surface area contributed by atoms with Gasteiger partial charge in [-0.05, 0) is 37.6 Å². The first-order chi connectivity index (χ1) is 14.4. The molecular weight excluding hydrogens is 389 g/mol. The third-order valence-electron chi connectivity index (χ3n) is 4.54. The number of esters is 1. The Hall–Kier alpha value is -3.44. The van der Waals surface area contributed by atoms with Gasteiger partial charge in [-0.3, -0.25) is 4.79 Å². The van der Waals surface area contributed by atoms with E-state index in [-0.39, 0.29) is 12.1 Å². The molecule has 0 aliphatic rings. The van der Waals surface area contributed by atoms with E-state index in [4.69, 9.17) is 9.47 Å². The van der Waals surface area contributed by atoms with Crippen molar-refractivity contribution in [3.63, 3.8) is 0 Å². The summed E-state index contributed by atoms with van der Waals surface area (Å²) in [5.74, 6) is -1.94. The maximum absolute atomic E-state index is 13.6. The highest BCUT2D eigenvalue weighted by Gasteiger charge is 2.15. The number of nitriles is 1. The Labute approximate surface area is 174 Å². The number of aryl methyl sites for hydroxylation is 1. The van der Waals surface area contributed by atoms with Crippen LogP contribution in [0.4, 0.5) is 4.39 Å². The van der Waals surface area contributed by atoms with E-state index >= 15 is 0 Å². The van der Waals surface area contributed by atoms with E-state index < -0.39 is 24.3 Å². The van der Waals surface area contributed by atoms with Crippen molar-refractivity contribution >= 4 is 18.0 Å². The lowest BCUT2D eigenvalue weighted by atomic mass is 10.1. The second-order valence-electron chi connectivity index (χ2n) is 6.58. The van der Waals surface area contributed by atoms with E-state index in [1.165, 1.54) is 12.1 Å². The van der Waals surface area contributed by atoms with Gasteiger partial charge < -0.3 is 19.4 Å². The molecule has 0 fully saturated rings. The lowest BCUT2D eigenvalue weighted by Gasteiger charge is -2.08. The molecule has 0 aliphatic carbocycles. The number of benzene rings is 1. The van der Waals surface area contributed by atoms with E-state index in [0.717, 1.165) is 11.4 Å². The molecule has 8 heteroatoms. The summed E-state index contributed by atoms with van der Waals surface area (Å²) >= 11 is 0. The van der Waals surface area contributed by atoms with Gasteiger partial charge in [0.15, 0.2) is 6.61 Å². The van der Waals surface area contributed by atoms with Crippen molar-refractivity contribution in [1.82, 2.24) is 9.88 Å². The van der Waals surface area contributed by atoms with E-state index in [2.05, 4.69) is 5.32 Å². The molecule has 1 N–H and O–H groups in total. The molecule has 7 nitrogen and oxygen atoms in total. The van der Waals surface area contributed by atoms with Gasteiger partial charge in [0.25, 0.3) is 5.91 Å². The van der Waals surface area contributed by atoms with Gasteiger partial charge in [0.05, 0.1) is 6.61 Å². The summed E-state index contributed by atoms with van der Waals surface area (Å²) in [6.45, 7) is 4.39. The van der Waals surface area contributed by atoms with Crippen LogP contribution in [0.1, 0.15) is 22.5 Å². The molecule has 1 aromatic carbocycles. The zero-order chi connectivity index (χ0) is 22.1. The van der Waals surface area contributed by atoms with E-state index in [9.17, 15) is 19.2 Å². The number of amides is 1. The second-order valence-corrected chi connectivity index (χ2v) is 6.58. The summed E-state index contributed by atoms with van der Waals surface area (Å²) in [5, 5.41) is 11.8. The Bertz CT molecular complexity index is 989. The minimum absolute atomic E-state index is 0.0303. The highest BCUT2D eigenvalue weighted by Crippen LogP contribution is 2.18. The number of hydrogen-bond acceptors (Lipinski definition) is 5. The molecule has 0 saturated carbocycles. The summed E-state index contributed by atoms with van der Waals surface area (Å²) in [7, 11) is 1.62. The van der Waals surface area contributed by atoms with Gasteiger partial charge in [-0.15, -0.1) is 0 Å². The molecule has 30 heavy (non-hydrogen) atoms. The van der Waals surface area contributed by atoms with Gasteiger partial charge in [-0.25, -0.2) is 9.18 Å². The Morgan fingerprint density at radius 2 is 2.03 bits per heavy atom. The number of aromatic nitrogens is 1. The van der Waals surface area contributed by atoms with Gasteiger partial charge in [0.1, 0.15) is 17.5 Å². The zero-order valence-electron chi connectivity index (χ0n) is 17.2. The number of rotatable bonds is 9. The van der Waals surface area contributed by atoms with Crippen LogP contribution in [0.2, 0.25) is 0 Å². The number of nitrogens with one attached hydrogen (secondary N) is 1. The summed E-state index contributed by atoms with van der Waals surface area (Å²) in [6, 6.07) is 9.70. The highest BCUT2D eigenvalue weighted by atomic mass is 19.1. The summed E-state index contributed by atoms with van der Waals surface area (Å²) < 4.78 is 25.6. The van der Waals surface area contributed by atoms with E-state index in [1.807, 2.05) is 30.6 Å². The van der Waals surface area contributed by atoms with Gasteiger partial charge in [-0.1, -0.05) is 18.2 Å². The van der Waals surface area contributed by atoms with Crippen LogP contribution < -0.4 is 5.32 Å². The SMILES string of the molecule is COCCn1c(C)cc(/C=C(\C#N)C(=O)OCC(=O)NCc2ccccc2F)c1C. The smallest absolute Gasteiger partial charge is 0.349 e. The monoisotopic (exact) mass is 413 g/mol. The first-order valence-corrected chi connectivity index (χ1v) is 9.32. The maximum atomic E-state index is 13.6. The molecule has 1 aromatic heterocycles. The molecule has 0 aliphatic heterocycles. The average Bonchev–Trinajstić information content (AvgIpc) is 3.00. The van der Waals surface area contributed by atoms with Crippen molar-refractivity contribution in [2.45, 2.75) is 26.9 Å². The predicted octanol–water partition coefficient (Wildman–Crippen LogP) is 2.66. The molecule has 0 radical (unpaired) electrons.